The topological polar surface area (TPSA) is 64.3 Å². The predicted octanol–water partition coefficient (Wildman–Crippen LogP) is 2.17. The van der Waals surface area contributed by atoms with Crippen LogP contribution in [-0.4, -0.2) is 19.6 Å². The molecule has 108 valence electrons. The Kier molecular flexibility index (Phi) is 8.11. The van der Waals surface area contributed by atoms with Crippen LogP contribution in [0.25, 0.3) is 0 Å². The van der Waals surface area contributed by atoms with Crippen molar-refractivity contribution in [2.75, 3.05) is 13.7 Å². The van der Waals surface area contributed by atoms with Crippen LogP contribution in [0, 0.1) is 5.82 Å². The van der Waals surface area contributed by atoms with Gasteiger partial charge in [-0.25, -0.2) is 4.39 Å². The zero-order valence-electron chi connectivity index (χ0n) is 11.1. The van der Waals surface area contributed by atoms with Crippen LogP contribution in [0.5, 0.6) is 5.75 Å². The molecule has 19 heavy (non-hydrogen) atoms. The van der Waals surface area contributed by atoms with Gasteiger partial charge >= 0.3 is 0 Å². The number of amides is 1. The molecule has 1 aromatic carbocycles. The molecule has 0 aliphatic carbocycles. The Hall–Kier alpha value is -1.33. The molecular formula is C13H20ClFN2O2. The SMILES string of the molecule is COc1ccc(C(C)NC(=O)CCCN)cc1F.Cl. The second-order valence-electron chi connectivity index (χ2n) is 4.08. The van der Waals surface area contributed by atoms with Crippen LogP contribution in [0.2, 0.25) is 0 Å². The van der Waals surface area contributed by atoms with Crippen molar-refractivity contribution in [3.63, 3.8) is 0 Å². The van der Waals surface area contributed by atoms with E-state index in [0.717, 1.165) is 0 Å². The molecule has 6 heteroatoms. The third kappa shape index (κ3) is 5.44. The standard InChI is InChI=1S/C13H19FN2O2.ClH/c1-9(16-13(17)4-3-7-15)10-5-6-12(18-2)11(14)8-10;/h5-6,8-9H,3-4,7,15H2,1-2H3,(H,16,17);1H. The first kappa shape index (κ1) is 17.7. The van der Waals surface area contributed by atoms with Gasteiger partial charge in [0.25, 0.3) is 0 Å². The molecule has 0 bridgehead atoms. The van der Waals surface area contributed by atoms with Crippen LogP contribution in [0.4, 0.5) is 4.39 Å². The summed E-state index contributed by atoms with van der Waals surface area (Å²) in [5.74, 6) is -0.317. The normalized spacial score (nSPS) is 11.4. The number of nitrogens with one attached hydrogen (secondary N) is 1. The van der Waals surface area contributed by atoms with Crippen molar-refractivity contribution in [2.24, 2.45) is 5.73 Å². The molecule has 1 atom stereocenters. The van der Waals surface area contributed by atoms with Crippen molar-refractivity contribution in [2.45, 2.75) is 25.8 Å². The Balaban J connectivity index is 0.00000324. The molecule has 0 heterocycles. The summed E-state index contributed by atoms with van der Waals surface area (Å²) in [6, 6.07) is 4.41. The van der Waals surface area contributed by atoms with E-state index in [1.165, 1.54) is 13.2 Å². The van der Waals surface area contributed by atoms with E-state index < -0.39 is 5.82 Å². The molecule has 0 fully saturated rings. The van der Waals surface area contributed by atoms with E-state index in [4.69, 9.17) is 10.5 Å². The Morgan fingerprint density at radius 3 is 2.74 bits per heavy atom. The predicted molar refractivity (Wildman–Crippen MR) is 75.0 cm³/mol. The van der Waals surface area contributed by atoms with E-state index in [1.807, 2.05) is 6.92 Å². The molecule has 3 N–H and O–H groups in total. The van der Waals surface area contributed by atoms with Crippen LogP contribution in [0.15, 0.2) is 18.2 Å². The average molecular weight is 291 g/mol. The average Bonchev–Trinajstić information content (AvgIpc) is 2.36. The lowest BCUT2D eigenvalue weighted by Gasteiger charge is -2.15. The number of carbonyl (C=O) groups is 1. The van der Waals surface area contributed by atoms with E-state index in [1.54, 1.807) is 12.1 Å². The number of carbonyl (C=O) groups excluding carboxylic acids is 1. The highest BCUT2D eigenvalue weighted by Gasteiger charge is 2.11. The van der Waals surface area contributed by atoms with Gasteiger partial charge < -0.3 is 15.8 Å². The zero-order chi connectivity index (χ0) is 13.5. The van der Waals surface area contributed by atoms with Crippen molar-refractivity contribution in [1.29, 1.82) is 0 Å². The summed E-state index contributed by atoms with van der Waals surface area (Å²) in [6.07, 6.45) is 1.04. The lowest BCUT2D eigenvalue weighted by molar-refractivity contribution is -0.121. The number of rotatable bonds is 6. The highest BCUT2D eigenvalue weighted by molar-refractivity contribution is 5.85. The fourth-order valence-electron chi connectivity index (χ4n) is 1.61. The summed E-state index contributed by atoms with van der Waals surface area (Å²) < 4.78 is 18.3. The summed E-state index contributed by atoms with van der Waals surface area (Å²) in [5.41, 5.74) is 6.03. The van der Waals surface area contributed by atoms with Gasteiger partial charge in [0.15, 0.2) is 11.6 Å². The maximum atomic E-state index is 13.5. The number of benzene rings is 1. The number of hydrogen-bond acceptors (Lipinski definition) is 3. The first-order chi connectivity index (χ1) is 8.58. The summed E-state index contributed by atoms with van der Waals surface area (Å²) >= 11 is 0. The van der Waals surface area contributed by atoms with E-state index in [9.17, 15) is 9.18 Å². The van der Waals surface area contributed by atoms with Gasteiger partial charge in [0.1, 0.15) is 0 Å². The number of nitrogens with two attached hydrogens (primary N) is 1. The molecule has 1 unspecified atom stereocenters. The highest BCUT2D eigenvalue weighted by atomic mass is 35.5. The highest BCUT2D eigenvalue weighted by Crippen LogP contribution is 2.21. The molecule has 0 saturated carbocycles. The molecule has 4 nitrogen and oxygen atoms in total. The molecule has 1 aromatic rings. The van der Waals surface area contributed by atoms with E-state index >= 15 is 0 Å². The molecule has 1 amide bonds. The number of halogens is 2. The molecule has 0 spiro atoms. The maximum absolute atomic E-state index is 13.5. The van der Waals surface area contributed by atoms with Crippen molar-refractivity contribution >= 4 is 18.3 Å². The van der Waals surface area contributed by atoms with Crippen LogP contribution in [0.1, 0.15) is 31.4 Å². The fraction of sp³-hybridized carbons (Fsp3) is 0.462. The third-order valence-corrected chi connectivity index (χ3v) is 2.66. The van der Waals surface area contributed by atoms with E-state index in [-0.39, 0.29) is 30.1 Å². The largest absolute Gasteiger partial charge is 0.494 e. The van der Waals surface area contributed by atoms with Gasteiger partial charge in [-0.05, 0) is 37.6 Å². The number of ether oxygens (including phenoxy) is 1. The minimum atomic E-state index is -0.432. The quantitative estimate of drug-likeness (QED) is 0.844. The number of hydrogen-bond donors (Lipinski definition) is 2. The van der Waals surface area contributed by atoms with Gasteiger partial charge in [-0.2, -0.15) is 0 Å². The van der Waals surface area contributed by atoms with Crippen molar-refractivity contribution in [1.82, 2.24) is 5.32 Å². The second-order valence-corrected chi connectivity index (χ2v) is 4.08. The van der Waals surface area contributed by atoms with Crippen molar-refractivity contribution < 1.29 is 13.9 Å². The van der Waals surface area contributed by atoms with Crippen LogP contribution in [0.3, 0.4) is 0 Å². The second kappa shape index (κ2) is 8.72. The molecule has 0 aromatic heterocycles. The molecule has 0 aliphatic rings. The summed E-state index contributed by atoms with van der Waals surface area (Å²) in [4.78, 5) is 11.5. The zero-order valence-corrected chi connectivity index (χ0v) is 11.9. The summed E-state index contributed by atoms with van der Waals surface area (Å²) in [6.45, 7) is 2.29. The first-order valence-corrected chi connectivity index (χ1v) is 5.91. The lowest BCUT2D eigenvalue weighted by Crippen LogP contribution is -2.27. The Labute approximate surface area is 118 Å². The molecule has 0 radical (unpaired) electrons. The molecular weight excluding hydrogens is 271 g/mol. The van der Waals surface area contributed by atoms with Gasteiger partial charge in [-0.1, -0.05) is 6.07 Å². The minimum Gasteiger partial charge on any atom is -0.494 e. The lowest BCUT2D eigenvalue weighted by atomic mass is 10.1. The third-order valence-electron chi connectivity index (χ3n) is 2.66. The molecule has 0 saturated heterocycles. The molecule has 1 rings (SSSR count). The van der Waals surface area contributed by atoms with Crippen LogP contribution >= 0.6 is 12.4 Å². The Bertz CT molecular complexity index is 416. The van der Waals surface area contributed by atoms with Gasteiger partial charge in [0, 0.05) is 6.42 Å². The Morgan fingerprint density at radius 2 is 2.21 bits per heavy atom. The van der Waals surface area contributed by atoms with Crippen LogP contribution < -0.4 is 15.8 Å². The number of methoxy groups -OCH3 is 1. The van der Waals surface area contributed by atoms with Gasteiger partial charge in [-0.15, -0.1) is 12.4 Å². The van der Waals surface area contributed by atoms with Gasteiger partial charge in [0.2, 0.25) is 5.91 Å². The maximum Gasteiger partial charge on any atom is 0.220 e. The van der Waals surface area contributed by atoms with Gasteiger partial charge in [-0.3, -0.25) is 4.79 Å². The van der Waals surface area contributed by atoms with Gasteiger partial charge in [0.05, 0.1) is 13.2 Å². The Morgan fingerprint density at radius 1 is 1.53 bits per heavy atom. The van der Waals surface area contributed by atoms with Crippen molar-refractivity contribution in [3.8, 4) is 5.75 Å². The minimum absolute atomic E-state index is 0. The summed E-state index contributed by atoms with van der Waals surface area (Å²) in [7, 11) is 1.41. The van der Waals surface area contributed by atoms with E-state index in [2.05, 4.69) is 5.32 Å². The monoisotopic (exact) mass is 290 g/mol. The smallest absolute Gasteiger partial charge is 0.220 e. The molecule has 0 aliphatic heterocycles. The fourth-order valence-corrected chi connectivity index (χ4v) is 1.61. The summed E-state index contributed by atoms with van der Waals surface area (Å²) in [5, 5.41) is 2.79. The van der Waals surface area contributed by atoms with Crippen LogP contribution in [-0.2, 0) is 4.79 Å². The first-order valence-electron chi connectivity index (χ1n) is 5.91. The van der Waals surface area contributed by atoms with E-state index in [0.29, 0.717) is 24.9 Å². The van der Waals surface area contributed by atoms with Crippen molar-refractivity contribution in [3.05, 3.63) is 29.6 Å².